The number of aryl methyl sites for hydroxylation is 2. The Morgan fingerprint density at radius 2 is 1.73 bits per heavy atom. The van der Waals surface area contributed by atoms with Crippen molar-refractivity contribution >= 4 is 40.8 Å². The van der Waals surface area contributed by atoms with Gasteiger partial charge in [0, 0.05) is 40.7 Å². The molecule has 1 aromatic heterocycles. The predicted octanol–water partition coefficient (Wildman–Crippen LogP) is 5.74. The van der Waals surface area contributed by atoms with Crippen molar-refractivity contribution in [3.8, 4) is 0 Å². The number of carbonyl (C=O) groups excluding carboxylic acids is 3. The lowest BCUT2D eigenvalue weighted by Gasteiger charge is -2.35. The van der Waals surface area contributed by atoms with Crippen LogP contribution in [0.1, 0.15) is 63.0 Å². The van der Waals surface area contributed by atoms with Gasteiger partial charge in [0.1, 0.15) is 11.8 Å². The molecule has 0 saturated heterocycles. The number of carbonyl (C=O) groups is 3. The Labute approximate surface area is 222 Å². The maximum Gasteiger partial charge on any atom is 0.248 e. The number of aromatic nitrogens is 1. The second-order valence-electron chi connectivity index (χ2n) is 9.57. The second kappa shape index (κ2) is 12.1. The molecular formula is C28H33ClN4O4. The smallest absolute Gasteiger partial charge is 0.248 e. The van der Waals surface area contributed by atoms with Gasteiger partial charge in [-0.15, -0.1) is 0 Å². The van der Waals surface area contributed by atoms with Crippen molar-refractivity contribution < 1.29 is 18.9 Å². The molecular weight excluding hydrogens is 492 g/mol. The van der Waals surface area contributed by atoms with Gasteiger partial charge in [0.15, 0.2) is 5.82 Å². The van der Waals surface area contributed by atoms with Gasteiger partial charge in [-0.1, -0.05) is 60.1 Å². The van der Waals surface area contributed by atoms with Crippen LogP contribution in [0.3, 0.4) is 0 Å². The van der Waals surface area contributed by atoms with Gasteiger partial charge >= 0.3 is 0 Å². The molecule has 0 spiro atoms. The molecule has 0 radical (unpaired) electrons. The fraction of sp³-hybridized carbons (Fsp3) is 0.357. The molecule has 0 saturated carbocycles. The van der Waals surface area contributed by atoms with E-state index in [1.54, 1.807) is 49.4 Å². The average Bonchev–Trinajstić information content (AvgIpc) is 3.26. The van der Waals surface area contributed by atoms with E-state index in [0.29, 0.717) is 28.5 Å². The van der Waals surface area contributed by atoms with E-state index in [1.165, 1.54) is 4.90 Å². The van der Waals surface area contributed by atoms with Gasteiger partial charge < -0.3 is 15.2 Å². The van der Waals surface area contributed by atoms with Gasteiger partial charge in [-0.3, -0.25) is 19.3 Å². The lowest BCUT2D eigenvalue weighted by atomic mass is 9.97. The zero-order chi connectivity index (χ0) is 27.2. The van der Waals surface area contributed by atoms with Crippen LogP contribution >= 0.6 is 11.6 Å². The molecule has 1 heterocycles. The van der Waals surface area contributed by atoms with Gasteiger partial charge in [-0.05, 0) is 51.8 Å². The monoisotopic (exact) mass is 524 g/mol. The number of nitrogens with zero attached hydrogens (tertiary/aromatic N) is 2. The van der Waals surface area contributed by atoms with Crippen LogP contribution in [0.25, 0.3) is 0 Å². The van der Waals surface area contributed by atoms with Crippen LogP contribution in [0, 0.1) is 13.8 Å². The van der Waals surface area contributed by atoms with Crippen molar-refractivity contribution in [3.63, 3.8) is 0 Å². The van der Waals surface area contributed by atoms with E-state index in [2.05, 4.69) is 15.8 Å². The minimum absolute atomic E-state index is 0.107. The van der Waals surface area contributed by atoms with Gasteiger partial charge in [0.05, 0.1) is 0 Å². The summed E-state index contributed by atoms with van der Waals surface area (Å²) in [6, 6.07) is 14.8. The molecule has 8 nitrogen and oxygen atoms in total. The van der Waals surface area contributed by atoms with E-state index in [4.69, 9.17) is 16.1 Å². The zero-order valence-electron chi connectivity index (χ0n) is 21.8. The van der Waals surface area contributed by atoms with E-state index in [9.17, 15) is 14.4 Å². The number of hydrogen-bond donors (Lipinski definition) is 2. The van der Waals surface area contributed by atoms with E-state index in [1.807, 2.05) is 39.8 Å². The van der Waals surface area contributed by atoms with Gasteiger partial charge in [-0.2, -0.15) is 0 Å². The summed E-state index contributed by atoms with van der Waals surface area (Å²) < 4.78 is 4.97. The van der Waals surface area contributed by atoms with E-state index < -0.39 is 23.4 Å². The van der Waals surface area contributed by atoms with Crippen molar-refractivity contribution in [2.45, 2.75) is 65.5 Å². The highest BCUT2D eigenvalue weighted by atomic mass is 35.5. The second-order valence-corrected chi connectivity index (χ2v) is 9.98. The number of para-hydroxylation sites is 1. The van der Waals surface area contributed by atoms with E-state index >= 15 is 0 Å². The summed E-state index contributed by atoms with van der Waals surface area (Å²) in [5.41, 5.74) is 1.35. The summed E-state index contributed by atoms with van der Waals surface area (Å²) in [5, 5.41) is 9.81. The summed E-state index contributed by atoms with van der Waals surface area (Å²) in [6.07, 6.45) is 0.445. The molecule has 1 atom stereocenters. The topological polar surface area (TPSA) is 105 Å². The number of nitrogens with one attached hydrogen (secondary N) is 2. The third kappa shape index (κ3) is 7.20. The Morgan fingerprint density at radius 3 is 2.35 bits per heavy atom. The molecule has 9 heteroatoms. The van der Waals surface area contributed by atoms with Crippen LogP contribution in [0.15, 0.2) is 59.1 Å². The first-order valence-electron chi connectivity index (χ1n) is 12.2. The van der Waals surface area contributed by atoms with E-state index in [-0.39, 0.29) is 24.6 Å². The highest BCUT2D eigenvalue weighted by molar-refractivity contribution is 6.31. The highest BCUT2D eigenvalue weighted by Crippen LogP contribution is 2.35. The number of amides is 3. The minimum Gasteiger partial charge on any atom is -0.360 e. The maximum absolute atomic E-state index is 13.8. The van der Waals surface area contributed by atoms with Crippen LogP contribution in [0.2, 0.25) is 5.02 Å². The minimum atomic E-state index is -1.05. The summed E-state index contributed by atoms with van der Waals surface area (Å²) in [4.78, 5) is 41.6. The van der Waals surface area contributed by atoms with Crippen molar-refractivity contribution in [1.29, 1.82) is 0 Å². The molecule has 2 N–H and O–H groups in total. The normalized spacial score (nSPS) is 12.1. The number of rotatable bonds is 10. The first-order chi connectivity index (χ1) is 17.5. The predicted molar refractivity (Wildman–Crippen MR) is 144 cm³/mol. The summed E-state index contributed by atoms with van der Waals surface area (Å²) in [5.74, 6) is -0.312. The van der Waals surface area contributed by atoms with Gasteiger partial charge in [-0.25, -0.2) is 0 Å². The third-order valence-electron chi connectivity index (χ3n) is 6.16. The fourth-order valence-electron chi connectivity index (χ4n) is 3.81. The molecule has 196 valence electrons. The van der Waals surface area contributed by atoms with Crippen molar-refractivity contribution in [2.75, 3.05) is 10.2 Å². The summed E-state index contributed by atoms with van der Waals surface area (Å²) >= 11 is 6.57. The zero-order valence-corrected chi connectivity index (χ0v) is 22.6. The quantitative estimate of drug-likeness (QED) is 0.352. The lowest BCUT2D eigenvalue weighted by molar-refractivity contribution is -0.128. The number of hydrogen-bond acceptors (Lipinski definition) is 5. The van der Waals surface area contributed by atoms with Crippen molar-refractivity contribution in [3.05, 3.63) is 76.5 Å². The molecule has 3 aromatic rings. The Balaban J connectivity index is 1.99. The Morgan fingerprint density at radius 1 is 1.05 bits per heavy atom. The number of benzene rings is 2. The van der Waals surface area contributed by atoms with Crippen LogP contribution < -0.4 is 15.5 Å². The standard InChI is InChI=1S/C28H33ClN4O4/c1-6-28(4,5)31-27(36)26(20-12-8-9-13-21(20)29)33(22-14-10-7-11-18(22)2)25(35)16-15-24(34)30-23-17-19(3)37-32-23/h7-14,17,26H,6,15-16H2,1-5H3,(H,31,36)(H,30,32,34)/t26-/m1/s1. The van der Waals surface area contributed by atoms with Crippen LogP contribution in [-0.2, 0) is 14.4 Å². The molecule has 3 amide bonds. The van der Waals surface area contributed by atoms with Crippen LogP contribution in [-0.4, -0.2) is 28.4 Å². The molecule has 3 rings (SSSR count). The van der Waals surface area contributed by atoms with E-state index in [0.717, 1.165) is 5.56 Å². The number of anilines is 2. The molecule has 0 aliphatic carbocycles. The molecule has 0 unspecified atom stereocenters. The third-order valence-corrected chi connectivity index (χ3v) is 6.50. The van der Waals surface area contributed by atoms with Crippen molar-refractivity contribution in [2.24, 2.45) is 0 Å². The van der Waals surface area contributed by atoms with Crippen LogP contribution in [0.4, 0.5) is 11.5 Å². The Bertz CT molecular complexity index is 1270. The molecule has 37 heavy (non-hydrogen) atoms. The Kier molecular flexibility index (Phi) is 9.10. The van der Waals surface area contributed by atoms with Gasteiger partial charge in [0.2, 0.25) is 17.7 Å². The molecule has 0 bridgehead atoms. The number of halogens is 1. The van der Waals surface area contributed by atoms with Crippen LogP contribution in [0.5, 0.6) is 0 Å². The highest BCUT2D eigenvalue weighted by Gasteiger charge is 2.36. The SMILES string of the molecule is CCC(C)(C)NC(=O)[C@@H](c1ccccc1Cl)N(C(=O)CCC(=O)Nc1cc(C)on1)c1ccccc1C. The lowest BCUT2D eigenvalue weighted by Crippen LogP contribution is -2.50. The first kappa shape index (κ1) is 27.9. The average molecular weight is 525 g/mol. The maximum atomic E-state index is 13.8. The molecule has 0 aliphatic rings. The Hall–Kier alpha value is -3.65. The summed E-state index contributed by atoms with van der Waals surface area (Å²) in [7, 11) is 0. The molecule has 2 aromatic carbocycles. The first-order valence-corrected chi connectivity index (χ1v) is 12.6. The summed E-state index contributed by atoms with van der Waals surface area (Å²) in [6.45, 7) is 9.40. The fourth-order valence-corrected chi connectivity index (χ4v) is 4.05. The molecule has 0 aliphatic heterocycles. The molecule has 0 fully saturated rings. The van der Waals surface area contributed by atoms with Gasteiger partial charge in [0.25, 0.3) is 0 Å². The largest absolute Gasteiger partial charge is 0.360 e. The van der Waals surface area contributed by atoms with Crippen molar-refractivity contribution in [1.82, 2.24) is 10.5 Å².